The molecule has 0 spiro atoms. The van der Waals surface area contributed by atoms with E-state index in [1.165, 1.54) is 0 Å². The van der Waals surface area contributed by atoms with E-state index in [0.717, 1.165) is 17.5 Å². The highest BCUT2D eigenvalue weighted by Gasteiger charge is 2.37. The number of carbonyl (C=O) groups is 1. The number of Topliss-reactive ketones (excluding diaryl/α,β-unsaturated/α-hetero) is 1. The molecular formula is C31H46O5Si. The van der Waals surface area contributed by atoms with Gasteiger partial charge in [0.05, 0.1) is 25.4 Å². The van der Waals surface area contributed by atoms with E-state index in [9.17, 15) is 4.79 Å². The number of ether oxygens (including phenoxy) is 3. The van der Waals surface area contributed by atoms with E-state index in [-0.39, 0.29) is 23.0 Å². The summed E-state index contributed by atoms with van der Waals surface area (Å²) in [7, 11) is -1.80. The Morgan fingerprint density at radius 2 is 1.51 bits per heavy atom. The zero-order valence-electron chi connectivity index (χ0n) is 23.4. The summed E-state index contributed by atoms with van der Waals surface area (Å²) in [6.45, 7) is 13.6. The molecule has 1 fully saturated rings. The highest BCUT2D eigenvalue weighted by atomic mass is 28.4. The van der Waals surface area contributed by atoms with Crippen molar-refractivity contribution in [2.75, 3.05) is 13.2 Å². The molecule has 0 aliphatic carbocycles. The van der Waals surface area contributed by atoms with Gasteiger partial charge in [-0.1, -0.05) is 81.4 Å². The average molecular weight is 527 g/mol. The molecule has 3 rings (SSSR count). The van der Waals surface area contributed by atoms with Crippen LogP contribution in [0.5, 0.6) is 0 Å². The Morgan fingerprint density at radius 1 is 0.892 bits per heavy atom. The maximum Gasteiger partial charge on any atom is 0.191 e. The van der Waals surface area contributed by atoms with Gasteiger partial charge in [0.1, 0.15) is 6.10 Å². The van der Waals surface area contributed by atoms with Crippen LogP contribution in [0, 0.1) is 0 Å². The lowest BCUT2D eigenvalue weighted by molar-refractivity contribution is -0.139. The van der Waals surface area contributed by atoms with Crippen LogP contribution in [-0.2, 0) is 36.6 Å². The fraction of sp³-hybridized carbons (Fsp3) is 0.581. The second kappa shape index (κ2) is 14.4. The molecule has 5 nitrogen and oxygen atoms in total. The van der Waals surface area contributed by atoms with Crippen molar-refractivity contribution in [1.82, 2.24) is 0 Å². The molecule has 1 aliphatic rings. The molecule has 1 aliphatic heterocycles. The molecule has 0 radical (unpaired) electrons. The quantitative estimate of drug-likeness (QED) is 0.206. The van der Waals surface area contributed by atoms with Gasteiger partial charge in [-0.2, -0.15) is 0 Å². The predicted octanol–water partition coefficient (Wildman–Crippen LogP) is 7.10. The summed E-state index contributed by atoms with van der Waals surface area (Å²) >= 11 is 0. The highest BCUT2D eigenvalue weighted by Crippen LogP contribution is 2.36. The van der Waals surface area contributed by atoms with Gasteiger partial charge in [0.2, 0.25) is 0 Å². The van der Waals surface area contributed by atoms with Gasteiger partial charge in [-0.15, -0.1) is 0 Å². The summed E-state index contributed by atoms with van der Waals surface area (Å²) in [5, 5.41) is 0.176. The van der Waals surface area contributed by atoms with Crippen molar-refractivity contribution in [2.45, 2.75) is 103 Å². The number of rotatable bonds is 13. The molecule has 0 saturated carbocycles. The Kier molecular flexibility index (Phi) is 11.5. The van der Waals surface area contributed by atoms with Crippen molar-refractivity contribution in [1.29, 1.82) is 0 Å². The third-order valence-corrected chi connectivity index (χ3v) is 12.2. The smallest absolute Gasteiger partial charge is 0.191 e. The van der Waals surface area contributed by atoms with Crippen molar-refractivity contribution >= 4 is 14.1 Å². The summed E-state index contributed by atoms with van der Waals surface area (Å²) in [4.78, 5) is 13.0. The van der Waals surface area contributed by atoms with E-state index in [1.807, 2.05) is 36.4 Å². The highest BCUT2D eigenvalue weighted by molar-refractivity contribution is 6.74. The topological polar surface area (TPSA) is 54.0 Å². The van der Waals surface area contributed by atoms with Crippen molar-refractivity contribution < 1.29 is 23.4 Å². The first-order valence-corrected chi connectivity index (χ1v) is 16.7. The van der Waals surface area contributed by atoms with Gasteiger partial charge < -0.3 is 18.6 Å². The molecule has 0 bridgehead atoms. The molecule has 2 aromatic carbocycles. The maximum atomic E-state index is 13.0. The van der Waals surface area contributed by atoms with E-state index >= 15 is 0 Å². The minimum absolute atomic E-state index is 0.141. The van der Waals surface area contributed by atoms with Crippen molar-refractivity contribution in [3.05, 3.63) is 71.8 Å². The van der Waals surface area contributed by atoms with Gasteiger partial charge in [0.15, 0.2) is 14.1 Å². The minimum Gasteiger partial charge on any atom is -0.417 e. The molecule has 1 heterocycles. The van der Waals surface area contributed by atoms with Crippen LogP contribution in [0.4, 0.5) is 0 Å². The molecule has 0 N–H and O–H groups in total. The molecule has 37 heavy (non-hydrogen) atoms. The first-order chi connectivity index (χ1) is 17.7. The third-order valence-electron chi connectivity index (χ3n) is 7.63. The predicted molar refractivity (Wildman–Crippen MR) is 151 cm³/mol. The lowest BCUT2D eigenvalue weighted by atomic mass is 10.0. The van der Waals surface area contributed by atoms with Crippen LogP contribution in [0.3, 0.4) is 0 Å². The van der Waals surface area contributed by atoms with E-state index < -0.39 is 14.4 Å². The number of benzene rings is 2. The summed E-state index contributed by atoms with van der Waals surface area (Å²) < 4.78 is 25.1. The number of carbonyl (C=O) groups excluding carboxylic acids is 1. The fourth-order valence-corrected chi connectivity index (χ4v) is 5.32. The number of hydrogen-bond acceptors (Lipinski definition) is 5. The van der Waals surface area contributed by atoms with Gasteiger partial charge >= 0.3 is 0 Å². The number of ketones is 1. The van der Waals surface area contributed by atoms with Gasteiger partial charge in [0.25, 0.3) is 0 Å². The zero-order valence-corrected chi connectivity index (χ0v) is 24.4. The van der Waals surface area contributed by atoms with Gasteiger partial charge in [-0.05, 0) is 54.9 Å². The van der Waals surface area contributed by atoms with E-state index in [4.69, 9.17) is 18.6 Å². The second-order valence-corrected chi connectivity index (χ2v) is 16.4. The molecule has 1 saturated heterocycles. The summed E-state index contributed by atoms with van der Waals surface area (Å²) in [6, 6.07) is 20.3. The Morgan fingerprint density at radius 3 is 2.14 bits per heavy atom. The SMILES string of the molecule is CC(C)(C)[Si](C)(C)OCCC[C@@H]1O[C@@H](CCOCc2ccccc2)[C@H](OCc2ccccc2)CCC1=O. The Labute approximate surface area is 225 Å². The van der Waals surface area contributed by atoms with Gasteiger partial charge in [-0.3, -0.25) is 4.79 Å². The Hall–Kier alpha value is -1.83. The Balaban J connectivity index is 1.57. The van der Waals surface area contributed by atoms with Crippen LogP contribution < -0.4 is 0 Å². The zero-order chi connectivity index (χ0) is 26.7. The summed E-state index contributed by atoms with van der Waals surface area (Å²) in [6.07, 6.45) is 2.61. The van der Waals surface area contributed by atoms with Crippen molar-refractivity contribution in [2.24, 2.45) is 0 Å². The molecule has 204 valence electrons. The molecule has 0 amide bonds. The van der Waals surface area contributed by atoms with Crippen molar-refractivity contribution in [3.63, 3.8) is 0 Å². The minimum atomic E-state index is -1.80. The summed E-state index contributed by atoms with van der Waals surface area (Å²) in [5.74, 6) is 0.174. The van der Waals surface area contributed by atoms with Gasteiger partial charge in [-0.25, -0.2) is 0 Å². The normalized spacial score (nSPS) is 21.1. The largest absolute Gasteiger partial charge is 0.417 e. The molecule has 2 aromatic rings. The molecule has 6 heteroatoms. The number of hydrogen-bond donors (Lipinski definition) is 0. The van der Waals surface area contributed by atoms with Crippen LogP contribution in [0.2, 0.25) is 18.1 Å². The van der Waals surface area contributed by atoms with Crippen LogP contribution in [-0.4, -0.2) is 45.6 Å². The average Bonchev–Trinajstić information content (AvgIpc) is 3.02. The van der Waals surface area contributed by atoms with Crippen LogP contribution in [0.25, 0.3) is 0 Å². The Bertz CT molecular complexity index is 926. The second-order valence-electron chi connectivity index (χ2n) is 11.6. The lowest BCUT2D eigenvalue weighted by Gasteiger charge is -2.36. The maximum absolute atomic E-state index is 13.0. The standard InChI is InChI=1S/C31H46O5Si/c1-31(2,3)37(4,5)35-21-12-17-28-27(32)18-19-29(34-24-26-15-10-7-11-16-26)30(36-28)20-22-33-23-25-13-8-6-9-14-25/h6-11,13-16,28-30H,12,17-24H2,1-5H3/t28-,29+,30-/m0/s1. The van der Waals surface area contributed by atoms with E-state index in [2.05, 4.69) is 58.1 Å². The van der Waals surface area contributed by atoms with Gasteiger partial charge in [0, 0.05) is 19.6 Å². The fourth-order valence-electron chi connectivity index (χ4n) is 4.23. The first kappa shape index (κ1) is 29.7. The summed E-state index contributed by atoms with van der Waals surface area (Å²) in [5.41, 5.74) is 2.27. The first-order valence-electron chi connectivity index (χ1n) is 13.7. The molecule has 3 atom stereocenters. The van der Waals surface area contributed by atoms with Crippen LogP contribution >= 0.6 is 0 Å². The van der Waals surface area contributed by atoms with Crippen LogP contribution in [0.1, 0.15) is 64.0 Å². The van der Waals surface area contributed by atoms with E-state index in [0.29, 0.717) is 52.1 Å². The van der Waals surface area contributed by atoms with Crippen molar-refractivity contribution in [3.8, 4) is 0 Å². The van der Waals surface area contributed by atoms with E-state index in [1.54, 1.807) is 0 Å². The molecule has 0 unspecified atom stereocenters. The lowest BCUT2D eigenvalue weighted by Crippen LogP contribution is -2.41. The molecule has 0 aromatic heterocycles. The third kappa shape index (κ3) is 9.77. The monoisotopic (exact) mass is 526 g/mol. The van der Waals surface area contributed by atoms with Crippen LogP contribution in [0.15, 0.2) is 60.7 Å². The molecular weight excluding hydrogens is 480 g/mol.